The van der Waals surface area contributed by atoms with Crippen molar-refractivity contribution in [3.63, 3.8) is 0 Å². The third-order valence-corrected chi connectivity index (χ3v) is 4.30. The number of nitrogens with one attached hydrogen (secondary N) is 1. The SMILES string of the molecule is CC1(C2CC2)NC(=O)N(CC(=O)OCc2ccc(F)cc2)C1=O. The first-order chi connectivity index (χ1) is 10.9. The second-order valence-corrected chi connectivity index (χ2v) is 6.09. The molecule has 2 aliphatic rings. The van der Waals surface area contributed by atoms with E-state index in [1.165, 1.54) is 24.3 Å². The van der Waals surface area contributed by atoms with Gasteiger partial charge in [0.2, 0.25) is 0 Å². The number of amides is 3. The average Bonchev–Trinajstić information content (AvgIpc) is 3.33. The quantitative estimate of drug-likeness (QED) is 0.660. The van der Waals surface area contributed by atoms with Crippen molar-refractivity contribution in [1.29, 1.82) is 0 Å². The molecule has 23 heavy (non-hydrogen) atoms. The van der Waals surface area contributed by atoms with Crippen LogP contribution in [0.5, 0.6) is 0 Å². The summed E-state index contributed by atoms with van der Waals surface area (Å²) in [6, 6.07) is 4.97. The predicted molar refractivity (Wildman–Crippen MR) is 77.6 cm³/mol. The van der Waals surface area contributed by atoms with Crippen LogP contribution >= 0.6 is 0 Å². The van der Waals surface area contributed by atoms with Gasteiger partial charge in [0.1, 0.15) is 24.5 Å². The molecule has 0 radical (unpaired) electrons. The van der Waals surface area contributed by atoms with Gasteiger partial charge in [0.05, 0.1) is 0 Å². The average molecular weight is 320 g/mol. The van der Waals surface area contributed by atoms with E-state index in [0.29, 0.717) is 5.56 Å². The molecule has 0 bridgehead atoms. The van der Waals surface area contributed by atoms with Gasteiger partial charge in [0.25, 0.3) is 5.91 Å². The van der Waals surface area contributed by atoms with Crippen LogP contribution in [0.1, 0.15) is 25.3 Å². The Morgan fingerprint density at radius 3 is 2.61 bits per heavy atom. The van der Waals surface area contributed by atoms with Crippen LogP contribution in [0.2, 0.25) is 0 Å². The number of urea groups is 1. The molecule has 0 aromatic heterocycles. The predicted octanol–water partition coefficient (Wildman–Crippen LogP) is 1.59. The summed E-state index contributed by atoms with van der Waals surface area (Å²) in [6.45, 7) is 1.23. The van der Waals surface area contributed by atoms with Gasteiger partial charge in [-0.1, -0.05) is 12.1 Å². The lowest BCUT2D eigenvalue weighted by Crippen LogP contribution is -2.46. The van der Waals surface area contributed by atoms with Crippen molar-refractivity contribution in [2.75, 3.05) is 6.54 Å². The maximum Gasteiger partial charge on any atom is 0.326 e. The lowest BCUT2D eigenvalue weighted by molar-refractivity contribution is -0.148. The minimum absolute atomic E-state index is 0.0390. The Morgan fingerprint density at radius 2 is 2.00 bits per heavy atom. The highest BCUT2D eigenvalue weighted by molar-refractivity contribution is 6.08. The number of carbonyl (C=O) groups excluding carboxylic acids is 3. The standard InChI is InChI=1S/C16H17FN2O4/c1-16(11-4-5-11)14(21)19(15(22)18-16)8-13(20)23-9-10-2-6-12(17)7-3-10/h2-3,6-7,11H,4-5,8-9H2,1H3,(H,18,22). The molecule has 122 valence electrons. The van der Waals surface area contributed by atoms with E-state index in [-0.39, 0.29) is 24.2 Å². The fraction of sp³-hybridized carbons (Fsp3) is 0.438. The normalized spacial score (nSPS) is 23.8. The molecule has 0 spiro atoms. The van der Waals surface area contributed by atoms with E-state index in [1.54, 1.807) is 6.92 Å². The Labute approximate surface area is 132 Å². The number of carbonyl (C=O) groups is 3. The number of hydrogen-bond donors (Lipinski definition) is 1. The summed E-state index contributed by atoms with van der Waals surface area (Å²) >= 11 is 0. The minimum atomic E-state index is -0.908. The van der Waals surface area contributed by atoms with Crippen molar-refractivity contribution in [2.24, 2.45) is 5.92 Å². The van der Waals surface area contributed by atoms with Crippen molar-refractivity contribution in [1.82, 2.24) is 10.2 Å². The van der Waals surface area contributed by atoms with Crippen LogP contribution in [0.3, 0.4) is 0 Å². The highest BCUT2D eigenvalue weighted by atomic mass is 19.1. The van der Waals surface area contributed by atoms with Gasteiger partial charge < -0.3 is 10.1 Å². The van der Waals surface area contributed by atoms with Crippen molar-refractivity contribution < 1.29 is 23.5 Å². The van der Waals surface area contributed by atoms with Crippen LogP contribution in [0.25, 0.3) is 0 Å². The van der Waals surface area contributed by atoms with Crippen molar-refractivity contribution in [3.8, 4) is 0 Å². The number of hydrogen-bond acceptors (Lipinski definition) is 4. The van der Waals surface area contributed by atoms with Crippen LogP contribution < -0.4 is 5.32 Å². The van der Waals surface area contributed by atoms with Crippen molar-refractivity contribution >= 4 is 17.9 Å². The number of imide groups is 1. The highest BCUT2D eigenvalue weighted by Gasteiger charge is 2.56. The van der Waals surface area contributed by atoms with E-state index in [9.17, 15) is 18.8 Å². The molecule has 1 unspecified atom stereocenters. The van der Waals surface area contributed by atoms with E-state index >= 15 is 0 Å². The lowest BCUT2D eigenvalue weighted by Gasteiger charge is -2.20. The maximum absolute atomic E-state index is 12.8. The molecule has 1 atom stereocenters. The second kappa shape index (κ2) is 5.64. The smallest absolute Gasteiger partial charge is 0.326 e. The Bertz CT molecular complexity index is 657. The monoisotopic (exact) mass is 320 g/mol. The molecular weight excluding hydrogens is 303 g/mol. The Kier molecular flexibility index (Phi) is 3.79. The summed E-state index contributed by atoms with van der Waals surface area (Å²) in [5, 5.41) is 2.67. The molecular formula is C16H17FN2O4. The number of halogens is 1. The van der Waals surface area contributed by atoms with Gasteiger partial charge in [-0.2, -0.15) is 0 Å². The summed E-state index contributed by atoms with van der Waals surface area (Å²) in [7, 11) is 0. The first kappa shape index (κ1) is 15.5. The van der Waals surface area contributed by atoms with E-state index in [4.69, 9.17) is 4.74 Å². The number of ether oxygens (including phenoxy) is 1. The first-order valence-electron chi connectivity index (χ1n) is 7.44. The van der Waals surface area contributed by atoms with Crippen molar-refractivity contribution in [3.05, 3.63) is 35.6 Å². The fourth-order valence-corrected chi connectivity index (χ4v) is 2.72. The number of rotatable bonds is 5. The van der Waals surface area contributed by atoms with Crippen LogP contribution in [0.4, 0.5) is 9.18 Å². The van der Waals surface area contributed by atoms with Gasteiger partial charge in [-0.3, -0.25) is 14.5 Å². The van der Waals surface area contributed by atoms with Gasteiger partial charge in [0.15, 0.2) is 0 Å². The topological polar surface area (TPSA) is 75.7 Å². The molecule has 1 aromatic carbocycles. The second-order valence-electron chi connectivity index (χ2n) is 6.09. The lowest BCUT2D eigenvalue weighted by atomic mass is 9.96. The fourth-order valence-electron chi connectivity index (χ4n) is 2.72. The van der Waals surface area contributed by atoms with Gasteiger partial charge in [0, 0.05) is 0 Å². The van der Waals surface area contributed by atoms with Gasteiger partial charge in [-0.05, 0) is 43.4 Å². The first-order valence-corrected chi connectivity index (χ1v) is 7.44. The molecule has 1 N–H and O–H groups in total. The molecule has 1 heterocycles. The zero-order valence-corrected chi connectivity index (χ0v) is 12.7. The molecule has 2 fully saturated rings. The van der Waals surface area contributed by atoms with Gasteiger partial charge in [-0.25, -0.2) is 9.18 Å². The summed E-state index contributed by atoms with van der Waals surface area (Å²) in [4.78, 5) is 37.0. The zero-order valence-electron chi connectivity index (χ0n) is 12.7. The maximum atomic E-state index is 12.8. The molecule has 3 amide bonds. The summed E-state index contributed by atoms with van der Waals surface area (Å²) in [6.07, 6.45) is 1.79. The van der Waals surface area contributed by atoms with Crippen LogP contribution in [0, 0.1) is 11.7 Å². The Hall–Kier alpha value is -2.44. The van der Waals surface area contributed by atoms with Crippen molar-refractivity contribution in [2.45, 2.75) is 31.9 Å². The summed E-state index contributed by atoms with van der Waals surface area (Å²) in [5.41, 5.74) is -0.284. The van der Waals surface area contributed by atoms with Crippen LogP contribution in [-0.2, 0) is 20.9 Å². The Balaban J connectivity index is 1.56. The molecule has 3 rings (SSSR count). The Morgan fingerprint density at radius 1 is 1.35 bits per heavy atom. The number of nitrogens with zero attached hydrogens (tertiary/aromatic N) is 1. The van der Waals surface area contributed by atoms with Gasteiger partial charge in [-0.15, -0.1) is 0 Å². The third-order valence-electron chi connectivity index (χ3n) is 4.30. The van der Waals surface area contributed by atoms with Crippen LogP contribution in [-0.4, -0.2) is 34.9 Å². The molecule has 1 aliphatic heterocycles. The molecule has 1 saturated heterocycles. The molecule has 7 heteroatoms. The number of benzene rings is 1. The van der Waals surface area contributed by atoms with Gasteiger partial charge >= 0.3 is 12.0 Å². The van der Waals surface area contributed by atoms with E-state index in [0.717, 1.165) is 17.7 Å². The zero-order chi connectivity index (χ0) is 16.6. The number of esters is 1. The molecule has 1 saturated carbocycles. The third kappa shape index (κ3) is 3.04. The molecule has 1 aromatic rings. The highest BCUT2D eigenvalue weighted by Crippen LogP contribution is 2.42. The molecule has 6 nitrogen and oxygen atoms in total. The van der Waals surface area contributed by atoms with E-state index in [2.05, 4.69) is 5.32 Å². The molecule has 1 aliphatic carbocycles. The van der Waals surface area contributed by atoms with E-state index < -0.39 is 24.1 Å². The summed E-state index contributed by atoms with van der Waals surface area (Å²) < 4.78 is 17.8. The van der Waals surface area contributed by atoms with Crippen LogP contribution in [0.15, 0.2) is 24.3 Å². The van der Waals surface area contributed by atoms with E-state index in [1.807, 2.05) is 0 Å². The summed E-state index contributed by atoms with van der Waals surface area (Å²) in [5.74, 6) is -1.31. The largest absolute Gasteiger partial charge is 0.459 e. The minimum Gasteiger partial charge on any atom is -0.459 e.